The summed E-state index contributed by atoms with van der Waals surface area (Å²) >= 11 is 6.97. The van der Waals surface area contributed by atoms with Gasteiger partial charge >= 0.3 is 5.97 Å². The number of aliphatic hydroxyl groups is 1. The highest BCUT2D eigenvalue weighted by atomic mass is 79.9. The second-order valence-corrected chi connectivity index (χ2v) is 10.3. The van der Waals surface area contributed by atoms with E-state index in [1.54, 1.807) is 55.5 Å². The van der Waals surface area contributed by atoms with Crippen molar-refractivity contribution in [1.82, 2.24) is 0 Å². The number of nitrogens with zero attached hydrogens (tertiary/aromatic N) is 1. The lowest BCUT2D eigenvalue weighted by molar-refractivity contribution is -0.141. The van der Waals surface area contributed by atoms with Gasteiger partial charge in [-0.15, -0.1) is 0 Å². The third kappa shape index (κ3) is 6.88. The number of halogens is 3. The van der Waals surface area contributed by atoms with Crippen LogP contribution in [-0.2, 0) is 9.53 Å². The first kappa shape index (κ1) is 29.3. The summed E-state index contributed by atoms with van der Waals surface area (Å²) in [4.78, 5) is 27.0. The zero-order chi connectivity index (χ0) is 28.8. The number of hydrogen-bond acceptors (Lipinski definition) is 6. The molecule has 0 aliphatic rings. The van der Waals surface area contributed by atoms with Crippen LogP contribution in [0.1, 0.15) is 34.5 Å². The van der Waals surface area contributed by atoms with Gasteiger partial charge in [-0.3, -0.25) is 14.5 Å². The minimum Gasteiger partial charge on any atom is -0.508 e. The monoisotopic (exact) mass is 671 g/mol. The van der Waals surface area contributed by atoms with Crippen LogP contribution in [0.25, 0.3) is 0 Å². The summed E-state index contributed by atoms with van der Waals surface area (Å²) in [6.07, 6.45) is -1.30. The molecule has 4 aromatic rings. The maximum absolute atomic E-state index is 13.7. The molecule has 0 saturated carbocycles. The van der Waals surface area contributed by atoms with E-state index in [9.17, 15) is 24.2 Å². The zero-order valence-corrected chi connectivity index (χ0v) is 24.4. The van der Waals surface area contributed by atoms with Crippen molar-refractivity contribution in [2.75, 3.05) is 18.1 Å². The molecule has 10 heteroatoms. The molecule has 0 aliphatic heterocycles. The minimum absolute atomic E-state index is 0.126. The standard InChI is InChI=1S/C30H24Br2FNO6/c1-2-39-27(36)17-34(30(38)18-7-4-3-5-8-18)21-14-24(31)29(25(32)15-21)40-22-11-12-26(35)23(16-22)28(37)19-9-6-10-20(33)13-19/h3-16,28,35,37H,2,17H2,1H3. The number of esters is 1. The van der Waals surface area contributed by atoms with E-state index in [-0.39, 0.29) is 35.8 Å². The maximum atomic E-state index is 13.7. The van der Waals surface area contributed by atoms with Crippen LogP contribution < -0.4 is 9.64 Å². The van der Waals surface area contributed by atoms with E-state index in [1.165, 1.54) is 41.3 Å². The highest BCUT2D eigenvalue weighted by Gasteiger charge is 2.24. The van der Waals surface area contributed by atoms with Gasteiger partial charge in [-0.05, 0) is 98.9 Å². The maximum Gasteiger partial charge on any atom is 0.326 e. The number of hydrogen-bond donors (Lipinski definition) is 2. The summed E-state index contributed by atoms with van der Waals surface area (Å²) in [7, 11) is 0. The molecule has 1 atom stereocenters. The summed E-state index contributed by atoms with van der Waals surface area (Å²) in [5, 5.41) is 21.1. The molecule has 0 heterocycles. The Balaban J connectivity index is 1.65. The number of ether oxygens (including phenoxy) is 2. The van der Waals surface area contributed by atoms with E-state index >= 15 is 0 Å². The SMILES string of the molecule is CCOC(=O)CN(C(=O)c1ccccc1)c1cc(Br)c(Oc2ccc(O)c(C(O)c3cccc(F)c3)c2)c(Br)c1. The molecule has 0 radical (unpaired) electrons. The van der Waals surface area contributed by atoms with Gasteiger partial charge in [0.05, 0.1) is 15.6 Å². The predicted molar refractivity (Wildman–Crippen MR) is 155 cm³/mol. The molecule has 1 amide bonds. The Morgan fingerprint density at radius 3 is 2.30 bits per heavy atom. The van der Waals surface area contributed by atoms with Crippen molar-refractivity contribution in [3.63, 3.8) is 0 Å². The first-order valence-electron chi connectivity index (χ1n) is 12.1. The first-order valence-corrected chi connectivity index (χ1v) is 13.7. The highest BCUT2D eigenvalue weighted by Crippen LogP contribution is 2.42. The van der Waals surface area contributed by atoms with Gasteiger partial charge in [0.1, 0.15) is 30.0 Å². The molecule has 4 rings (SSSR count). The van der Waals surface area contributed by atoms with Gasteiger partial charge in [0.15, 0.2) is 5.75 Å². The van der Waals surface area contributed by atoms with Crippen LogP contribution in [0.3, 0.4) is 0 Å². The Morgan fingerprint density at radius 2 is 1.65 bits per heavy atom. The van der Waals surface area contributed by atoms with Crippen molar-refractivity contribution < 1.29 is 33.7 Å². The normalized spacial score (nSPS) is 11.5. The fourth-order valence-corrected chi connectivity index (χ4v) is 5.27. The molecule has 40 heavy (non-hydrogen) atoms. The van der Waals surface area contributed by atoms with Crippen molar-refractivity contribution in [1.29, 1.82) is 0 Å². The Morgan fingerprint density at radius 1 is 0.950 bits per heavy atom. The number of phenols is 1. The van der Waals surface area contributed by atoms with Crippen LogP contribution in [0.4, 0.5) is 10.1 Å². The number of aromatic hydroxyl groups is 1. The smallest absolute Gasteiger partial charge is 0.326 e. The van der Waals surface area contributed by atoms with Gasteiger partial charge in [-0.1, -0.05) is 30.3 Å². The third-order valence-electron chi connectivity index (χ3n) is 5.83. The van der Waals surface area contributed by atoms with Crippen LogP contribution in [0, 0.1) is 5.82 Å². The number of carbonyl (C=O) groups excluding carboxylic acids is 2. The minimum atomic E-state index is -1.30. The lowest BCUT2D eigenvalue weighted by Gasteiger charge is -2.23. The number of phenolic OH excluding ortho intramolecular Hbond substituents is 1. The predicted octanol–water partition coefficient (Wildman–Crippen LogP) is 7.14. The zero-order valence-electron chi connectivity index (χ0n) is 21.2. The Hall–Kier alpha value is -3.73. The largest absolute Gasteiger partial charge is 0.508 e. The van der Waals surface area contributed by atoms with E-state index in [0.717, 1.165) is 0 Å². The summed E-state index contributed by atoms with van der Waals surface area (Å²) in [6.45, 7) is 1.56. The molecule has 2 N–H and O–H groups in total. The summed E-state index contributed by atoms with van der Waals surface area (Å²) in [5.74, 6) is -1.04. The first-order chi connectivity index (χ1) is 19.2. The number of rotatable bonds is 9. The molecule has 0 spiro atoms. The van der Waals surface area contributed by atoms with E-state index in [4.69, 9.17) is 9.47 Å². The van der Waals surface area contributed by atoms with E-state index < -0.39 is 23.8 Å². The fraction of sp³-hybridized carbons (Fsp3) is 0.133. The van der Waals surface area contributed by atoms with Gasteiger partial charge < -0.3 is 19.7 Å². The second-order valence-electron chi connectivity index (χ2n) is 8.58. The lowest BCUT2D eigenvalue weighted by atomic mass is 10.0. The summed E-state index contributed by atoms with van der Waals surface area (Å²) in [6, 6.07) is 21.6. The Bertz CT molecular complexity index is 1510. The molecular weight excluding hydrogens is 649 g/mol. The van der Waals surface area contributed by atoms with E-state index in [0.29, 0.717) is 25.9 Å². The lowest BCUT2D eigenvalue weighted by Crippen LogP contribution is -2.36. The van der Waals surface area contributed by atoms with Crippen molar-refractivity contribution in [2.45, 2.75) is 13.0 Å². The third-order valence-corrected chi connectivity index (χ3v) is 7.01. The number of anilines is 1. The number of carbonyl (C=O) groups is 2. The Kier molecular flexibility index (Phi) is 9.57. The number of benzene rings is 4. The fourth-order valence-electron chi connectivity index (χ4n) is 3.94. The topological polar surface area (TPSA) is 96.3 Å². The van der Waals surface area contributed by atoms with Crippen LogP contribution in [-0.4, -0.2) is 35.2 Å². The van der Waals surface area contributed by atoms with Gasteiger partial charge in [-0.2, -0.15) is 0 Å². The van der Waals surface area contributed by atoms with Crippen molar-refractivity contribution in [3.05, 3.63) is 116 Å². The summed E-state index contributed by atoms with van der Waals surface area (Å²) in [5.41, 5.74) is 1.19. The van der Waals surface area contributed by atoms with Gasteiger partial charge in [0, 0.05) is 16.8 Å². The van der Waals surface area contributed by atoms with Gasteiger partial charge in [0.25, 0.3) is 5.91 Å². The van der Waals surface area contributed by atoms with Gasteiger partial charge in [-0.25, -0.2) is 4.39 Å². The molecular formula is C30H24Br2FNO6. The van der Waals surface area contributed by atoms with Crippen molar-refractivity contribution in [3.8, 4) is 17.2 Å². The molecule has 0 fully saturated rings. The number of aliphatic hydroxyl groups excluding tert-OH is 1. The van der Waals surface area contributed by atoms with Crippen LogP contribution in [0.5, 0.6) is 17.2 Å². The average Bonchev–Trinajstić information content (AvgIpc) is 2.94. The van der Waals surface area contributed by atoms with Crippen LogP contribution >= 0.6 is 31.9 Å². The van der Waals surface area contributed by atoms with Crippen molar-refractivity contribution in [2.24, 2.45) is 0 Å². The molecule has 0 saturated heterocycles. The molecule has 206 valence electrons. The molecule has 0 bridgehead atoms. The van der Waals surface area contributed by atoms with Crippen LogP contribution in [0.2, 0.25) is 0 Å². The Labute approximate surface area is 247 Å². The van der Waals surface area contributed by atoms with E-state index in [2.05, 4.69) is 31.9 Å². The molecule has 0 aliphatic carbocycles. The average molecular weight is 673 g/mol. The van der Waals surface area contributed by atoms with E-state index in [1.807, 2.05) is 0 Å². The van der Waals surface area contributed by atoms with Gasteiger partial charge in [0.2, 0.25) is 0 Å². The number of amides is 1. The second kappa shape index (κ2) is 13.1. The molecule has 1 unspecified atom stereocenters. The van der Waals surface area contributed by atoms with Crippen molar-refractivity contribution >= 4 is 49.4 Å². The van der Waals surface area contributed by atoms with Crippen LogP contribution in [0.15, 0.2) is 93.9 Å². The molecule has 4 aromatic carbocycles. The molecule has 7 nitrogen and oxygen atoms in total. The highest BCUT2D eigenvalue weighted by molar-refractivity contribution is 9.11. The molecule has 0 aromatic heterocycles. The quantitative estimate of drug-likeness (QED) is 0.184. The summed E-state index contributed by atoms with van der Waals surface area (Å²) < 4.78 is 25.7.